The van der Waals surface area contributed by atoms with E-state index >= 15 is 0 Å². The Morgan fingerprint density at radius 2 is 2.03 bits per heavy atom. The molecule has 1 amide bonds. The Kier molecular flexibility index (Phi) is 6.06. The van der Waals surface area contributed by atoms with E-state index in [0.29, 0.717) is 17.3 Å². The molecule has 1 fully saturated rings. The number of aromatic nitrogens is 1. The Hall–Kier alpha value is -2.51. The molecule has 152 valence electrons. The Morgan fingerprint density at radius 1 is 1.28 bits per heavy atom. The number of piperidine rings is 1. The SMILES string of the molecule is Cc1oc(-c2cccs2)nc1CC(=O)NC1CCN(Cc2ccc(F)cc2)CC1. The number of nitrogens with zero attached hydrogens (tertiary/aromatic N) is 2. The van der Waals surface area contributed by atoms with Gasteiger partial charge in [-0.2, -0.15) is 0 Å². The van der Waals surface area contributed by atoms with Gasteiger partial charge in [-0.15, -0.1) is 11.3 Å². The number of hydrogen-bond donors (Lipinski definition) is 1. The standard InChI is InChI=1S/C22H24FN3O2S/c1-15-19(25-22(28-15)20-3-2-12-29-20)13-21(27)24-18-8-10-26(11-9-18)14-16-4-6-17(23)7-5-16/h2-7,12,18H,8-11,13-14H2,1H3,(H,24,27). The van der Waals surface area contributed by atoms with Crippen molar-refractivity contribution in [2.45, 2.75) is 38.8 Å². The maximum absolute atomic E-state index is 13.0. The second-order valence-electron chi connectivity index (χ2n) is 7.42. The summed E-state index contributed by atoms with van der Waals surface area (Å²) in [4.78, 5) is 20.3. The van der Waals surface area contributed by atoms with Gasteiger partial charge in [0.1, 0.15) is 11.6 Å². The molecule has 0 spiro atoms. The molecule has 3 heterocycles. The Morgan fingerprint density at radius 3 is 2.72 bits per heavy atom. The normalized spacial score (nSPS) is 15.5. The van der Waals surface area contributed by atoms with Gasteiger partial charge in [0.05, 0.1) is 17.0 Å². The van der Waals surface area contributed by atoms with Gasteiger partial charge in [0, 0.05) is 25.7 Å². The molecule has 1 N–H and O–H groups in total. The first kappa shape index (κ1) is 19.8. The minimum atomic E-state index is -0.208. The van der Waals surface area contributed by atoms with Crippen LogP contribution in [-0.2, 0) is 17.8 Å². The number of rotatable bonds is 6. The number of hydrogen-bond acceptors (Lipinski definition) is 5. The summed E-state index contributed by atoms with van der Waals surface area (Å²) in [6.07, 6.45) is 2.05. The molecule has 0 radical (unpaired) electrons. The van der Waals surface area contributed by atoms with E-state index in [-0.39, 0.29) is 24.2 Å². The second-order valence-corrected chi connectivity index (χ2v) is 8.37. The molecule has 0 atom stereocenters. The van der Waals surface area contributed by atoms with E-state index in [2.05, 4.69) is 15.2 Å². The van der Waals surface area contributed by atoms with E-state index < -0.39 is 0 Å². The van der Waals surface area contributed by atoms with Crippen LogP contribution < -0.4 is 5.32 Å². The van der Waals surface area contributed by atoms with Crippen molar-refractivity contribution >= 4 is 17.2 Å². The molecule has 0 aliphatic carbocycles. The van der Waals surface area contributed by atoms with Crippen LogP contribution in [0.3, 0.4) is 0 Å². The van der Waals surface area contributed by atoms with Gasteiger partial charge in [-0.25, -0.2) is 9.37 Å². The molecule has 0 bridgehead atoms. The van der Waals surface area contributed by atoms with Crippen molar-refractivity contribution in [1.29, 1.82) is 0 Å². The van der Waals surface area contributed by atoms with Crippen LogP contribution >= 0.6 is 11.3 Å². The van der Waals surface area contributed by atoms with E-state index in [1.807, 2.05) is 36.6 Å². The highest BCUT2D eigenvalue weighted by atomic mass is 32.1. The molecule has 0 unspecified atom stereocenters. The van der Waals surface area contributed by atoms with Crippen molar-refractivity contribution in [3.8, 4) is 10.8 Å². The molecule has 7 heteroatoms. The number of oxazole rings is 1. The van der Waals surface area contributed by atoms with Gasteiger partial charge in [0.15, 0.2) is 0 Å². The Balaban J connectivity index is 1.25. The minimum Gasteiger partial charge on any atom is -0.440 e. The zero-order valence-electron chi connectivity index (χ0n) is 16.4. The van der Waals surface area contributed by atoms with Crippen LogP contribution in [0.1, 0.15) is 29.9 Å². The lowest BCUT2D eigenvalue weighted by Gasteiger charge is -2.32. The smallest absolute Gasteiger partial charge is 0.236 e. The van der Waals surface area contributed by atoms with E-state index in [9.17, 15) is 9.18 Å². The summed E-state index contributed by atoms with van der Waals surface area (Å²) >= 11 is 1.57. The first-order valence-electron chi connectivity index (χ1n) is 9.83. The van der Waals surface area contributed by atoms with Crippen LogP contribution in [-0.4, -0.2) is 34.9 Å². The van der Waals surface area contributed by atoms with E-state index in [1.165, 1.54) is 12.1 Å². The van der Waals surface area contributed by atoms with Gasteiger partial charge in [-0.1, -0.05) is 18.2 Å². The van der Waals surface area contributed by atoms with Crippen LogP contribution in [0.4, 0.5) is 4.39 Å². The zero-order valence-corrected chi connectivity index (χ0v) is 17.2. The lowest BCUT2D eigenvalue weighted by Crippen LogP contribution is -2.44. The molecule has 1 aliphatic heterocycles. The summed E-state index contributed by atoms with van der Waals surface area (Å²) in [5.41, 5.74) is 1.80. The molecule has 1 aliphatic rings. The third kappa shape index (κ3) is 5.10. The number of amides is 1. The van der Waals surface area contributed by atoms with Gasteiger partial charge in [-0.3, -0.25) is 9.69 Å². The van der Waals surface area contributed by atoms with Gasteiger partial charge < -0.3 is 9.73 Å². The maximum Gasteiger partial charge on any atom is 0.236 e. The van der Waals surface area contributed by atoms with Gasteiger partial charge in [0.25, 0.3) is 0 Å². The highest BCUT2D eigenvalue weighted by Crippen LogP contribution is 2.26. The van der Waals surface area contributed by atoms with Crippen molar-refractivity contribution in [2.24, 2.45) is 0 Å². The maximum atomic E-state index is 13.0. The third-order valence-electron chi connectivity index (χ3n) is 5.22. The topological polar surface area (TPSA) is 58.4 Å². The quantitative estimate of drug-likeness (QED) is 0.659. The third-order valence-corrected chi connectivity index (χ3v) is 6.08. The van der Waals surface area contributed by atoms with Gasteiger partial charge >= 0.3 is 0 Å². The summed E-state index contributed by atoms with van der Waals surface area (Å²) in [7, 11) is 0. The fourth-order valence-electron chi connectivity index (χ4n) is 3.61. The molecule has 1 aromatic carbocycles. The monoisotopic (exact) mass is 413 g/mol. The number of benzene rings is 1. The first-order valence-corrected chi connectivity index (χ1v) is 10.7. The minimum absolute atomic E-state index is 0.0175. The molecule has 0 saturated carbocycles. The number of carbonyl (C=O) groups is 1. The highest BCUT2D eigenvalue weighted by Gasteiger charge is 2.22. The summed E-state index contributed by atoms with van der Waals surface area (Å²) in [5.74, 6) is 1.04. The largest absolute Gasteiger partial charge is 0.440 e. The number of aryl methyl sites for hydroxylation is 1. The summed E-state index contributed by atoms with van der Waals surface area (Å²) in [6, 6.07) is 10.7. The molecule has 29 heavy (non-hydrogen) atoms. The first-order chi connectivity index (χ1) is 14.1. The second kappa shape index (κ2) is 8.88. The molecule has 3 aromatic rings. The van der Waals surface area contributed by atoms with Crippen molar-refractivity contribution in [1.82, 2.24) is 15.2 Å². The lowest BCUT2D eigenvalue weighted by molar-refractivity contribution is -0.121. The van der Waals surface area contributed by atoms with Crippen molar-refractivity contribution in [2.75, 3.05) is 13.1 Å². The Labute approximate surface area is 173 Å². The van der Waals surface area contributed by atoms with E-state index in [1.54, 1.807) is 11.3 Å². The van der Waals surface area contributed by atoms with E-state index in [4.69, 9.17) is 4.42 Å². The van der Waals surface area contributed by atoms with Crippen molar-refractivity contribution < 1.29 is 13.6 Å². The average Bonchev–Trinajstić information content (AvgIpc) is 3.36. The highest BCUT2D eigenvalue weighted by molar-refractivity contribution is 7.13. The molecule has 4 rings (SSSR count). The number of halogens is 1. The summed E-state index contributed by atoms with van der Waals surface area (Å²) in [6.45, 7) is 4.48. The van der Waals surface area contributed by atoms with Crippen LogP contribution in [0.15, 0.2) is 46.2 Å². The molecular formula is C22H24FN3O2S. The van der Waals surface area contributed by atoms with Crippen LogP contribution in [0.25, 0.3) is 10.8 Å². The number of nitrogens with one attached hydrogen (secondary N) is 1. The van der Waals surface area contributed by atoms with E-state index in [0.717, 1.165) is 42.9 Å². The molecule has 1 saturated heterocycles. The van der Waals surface area contributed by atoms with Gasteiger partial charge in [0.2, 0.25) is 11.8 Å². The molecular weight excluding hydrogens is 389 g/mol. The predicted octanol–water partition coefficient (Wildman–Crippen LogP) is 4.17. The lowest BCUT2D eigenvalue weighted by atomic mass is 10.0. The molecule has 5 nitrogen and oxygen atoms in total. The predicted molar refractivity (Wildman–Crippen MR) is 111 cm³/mol. The molecule has 2 aromatic heterocycles. The number of carbonyl (C=O) groups excluding carboxylic acids is 1. The average molecular weight is 414 g/mol. The van der Waals surface area contributed by atoms with Crippen LogP contribution in [0.5, 0.6) is 0 Å². The van der Waals surface area contributed by atoms with Crippen molar-refractivity contribution in [3.05, 3.63) is 64.6 Å². The summed E-state index contributed by atoms with van der Waals surface area (Å²) < 4.78 is 18.7. The van der Waals surface area contributed by atoms with Crippen LogP contribution in [0.2, 0.25) is 0 Å². The summed E-state index contributed by atoms with van der Waals surface area (Å²) in [5, 5.41) is 5.11. The fourth-order valence-corrected chi connectivity index (χ4v) is 4.26. The Bertz CT molecular complexity index is 945. The number of likely N-dealkylation sites (tertiary alicyclic amines) is 1. The number of thiophene rings is 1. The van der Waals surface area contributed by atoms with Crippen LogP contribution in [0, 0.1) is 12.7 Å². The fraction of sp³-hybridized carbons (Fsp3) is 0.364. The van der Waals surface area contributed by atoms with Gasteiger partial charge in [-0.05, 0) is 48.9 Å². The zero-order chi connectivity index (χ0) is 20.2. The van der Waals surface area contributed by atoms with Crippen molar-refractivity contribution in [3.63, 3.8) is 0 Å².